The van der Waals surface area contributed by atoms with Crippen LogP contribution in [0.15, 0.2) is 41.0 Å². The lowest BCUT2D eigenvalue weighted by atomic mass is 10.1. The second-order valence-corrected chi connectivity index (χ2v) is 8.42. The van der Waals surface area contributed by atoms with Crippen molar-refractivity contribution in [2.24, 2.45) is 5.73 Å². The number of benzene rings is 1. The molecule has 4 aromatic rings. The molecule has 0 aliphatic rings. The van der Waals surface area contributed by atoms with Crippen LogP contribution in [-0.4, -0.2) is 33.4 Å². The maximum Gasteiger partial charge on any atom is 0.287 e. The van der Waals surface area contributed by atoms with E-state index in [2.05, 4.69) is 4.98 Å². The quantitative estimate of drug-likeness (QED) is 0.551. The number of thiazole rings is 1. The van der Waals surface area contributed by atoms with Crippen molar-refractivity contribution in [1.29, 1.82) is 0 Å². The van der Waals surface area contributed by atoms with Gasteiger partial charge in [-0.15, -0.1) is 11.3 Å². The normalized spacial score (nSPS) is 12.4. The van der Waals surface area contributed by atoms with Gasteiger partial charge in [-0.05, 0) is 36.7 Å². The molecule has 0 aliphatic heterocycles. The second kappa shape index (κ2) is 5.73. The summed E-state index contributed by atoms with van der Waals surface area (Å²) in [5.74, 6) is 0.0588. The molecular formula is C15H13ClN4O3S2. The Kier molecular flexibility index (Phi) is 3.76. The van der Waals surface area contributed by atoms with Gasteiger partial charge in [0, 0.05) is 23.2 Å². The first kappa shape index (κ1) is 16.4. The van der Waals surface area contributed by atoms with Crippen LogP contribution in [0.5, 0.6) is 5.75 Å². The highest BCUT2D eigenvalue weighted by Gasteiger charge is 2.29. The monoisotopic (exact) mass is 396 g/mol. The Morgan fingerprint density at radius 3 is 2.92 bits per heavy atom. The van der Waals surface area contributed by atoms with E-state index in [1.807, 2.05) is 0 Å². The third-order valence-corrected chi connectivity index (χ3v) is 6.76. The van der Waals surface area contributed by atoms with Gasteiger partial charge in [0.25, 0.3) is 10.0 Å². The largest absolute Gasteiger partial charge is 0.508 e. The Morgan fingerprint density at radius 1 is 1.36 bits per heavy atom. The van der Waals surface area contributed by atoms with Gasteiger partial charge in [0.1, 0.15) is 5.75 Å². The summed E-state index contributed by atoms with van der Waals surface area (Å²) in [5, 5.41) is 12.0. The third kappa shape index (κ3) is 2.43. The van der Waals surface area contributed by atoms with E-state index in [0.717, 1.165) is 5.56 Å². The number of halogens is 1. The minimum Gasteiger partial charge on any atom is -0.508 e. The molecular weight excluding hydrogens is 384 g/mol. The zero-order valence-electron chi connectivity index (χ0n) is 12.8. The van der Waals surface area contributed by atoms with Crippen molar-refractivity contribution >= 4 is 48.8 Å². The molecule has 0 radical (unpaired) electrons. The van der Waals surface area contributed by atoms with Gasteiger partial charge in [-0.3, -0.25) is 4.40 Å². The van der Waals surface area contributed by atoms with Crippen LogP contribution in [0.2, 0.25) is 5.15 Å². The average Bonchev–Trinajstić information content (AvgIpc) is 3.20. The molecule has 130 valence electrons. The van der Waals surface area contributed by atoms with Crippen molar-refractivity contribution in [2.75, 3.05) is 6.54 Å². The minimum atomic E-state index is -3.99. The van der Waals surface area contributed by atoms with E-state index in [1.165, 1.54) is 38.0 Å². The highest BCUT2D eigenvalue weighted by molar-refractivity contribution is 7.90. The van der Waals surface area contributed by atoms with Crippen LogP contribution >= 0.6 is 22.9 Å². The number of aromatic nitrogens is 3. The maximum atomic E-state index is 13.3. The highest BCUT2D eigenvalue weighted by atomic mass is 35.5. The molecule has 25 heavy (non-hydrogen) atoms. The zero-order valence-corrected chi connectivity index (χ0v) is 15.1. The fourth-order valence-corrected chi connectivity index (χ4v) is 5.68. The summed E-state index contributed by atoms with van der Waals surface area (Å²) in [6.45, 7) is 0.358. The minimum absolute atomic E-state index is 0.0588. The van der Waals surface area contributed by atoms with Crippen molar-refractivity contribution in [3.8, 4) is 5.75 Å². The first-order valence-electron chi connectivity index (χ1n) is 7.33. The third-order valence-electron chi connectivity index (χ3n) is 3.93. The van der Waals surface area contributed by atoms with Gasteiger partial charge < -0.3 is 10.8 Å². The number of fused-ring (bicyclic) bond motifs is 2. The van der Waals surface area contributed by atoms with E-state index in [9.17, 15) is 13.5 Å². The second-order valence-electron chi connectivity index (χ2n) is 5.46. The lowest BCUT2D eigenvalue weighted by Crippen LogP contribution is -2.14. The number of phenolic OH excluding ortho intramolecular Hbond substituents is 1. The standard InChI is InChI=1S/C15H13ClN4O3S2/c16-13-14(19-5-6-24-15(19)18-13)25(22,23)20-8-9(3-4-17)11-7-10(21)1-2-12(11)20/h1-2,5-8,21H,3-4,17H2. The van der Waals surface area contributed by atoms with Crippen molar-refractivity contribution in [3.05, 3.63) is 46.7 Å². The summed E-state index contributed by atoms with van der Waals surface area (Å²) in [4.78, 5) is 4.60. The van der Waals surface area contributed by atoms with Crippen LogP contribution in [0.25, 0.3) is 15.9 Å². The molecule has 3 N–H and O–H groups in total. The van der Waals surface area contributed by atoms with Crippen LogP contribution in [0.1, 0.15) is 5.56 Å². The number of hydrogen-bond acceptors (Lipinski definition) is 6. The summed E-state index contributed by atoms with van der Waals surface area (Å²) in [7, 11) is -3.99. The average molecular weight is 397 g/mol. The van der Waals surface area contributed by atoms with Gasteiger partial charge in [-0.2, -0.15) is 8.42 Å². The molecule has 4 rings (SSSR count). The predicted molar refractivity (Wildman–Crippen MR) is 97.0 cm³/mol. The molecule has 0 aliphatic carbocycles. The molecule has 0 fully saturated rings. The lowest BCUT2D eigenvalue weighted by Gasteiger charge is -2.07. The van der Waals surface area contributed by atoms with Gasteiger partial charge in [0.05, 0.1) is 5.52 Å². The maximum absolute atomic E-state index is 13.3. The zero-order chi connectivity index (χ0) is 17.8. The lowest BCUT2D eigenvalue weighted by molar-refractivity contribution is 0.476. The van der Waals surface area contributed by atoms with Gasteiger partial charge in [0.15, 0.2) is 10.1 Å². The summed E-state index contributed by atoms with van der Waals surface area (Å²) in [6, 6.07) is 4.53. The van der Waals surface area contributed by atoms with E-state index >= 15 is 0 Å². The van der Waals surface area contributed by atoms with Crippen LogP contribution in [-0.2, 0) is 16.4 Å². The molecule has 3 heterocycles. The summed E-state index contributed by atoms with van der Waals surface area (Å²) < 4.78 is 29.2. The fraction of sp³-hybridized carbons (Fsp3) is 0.133. The summed E-state index contributed by atoms with van der Waals surface area (Å²) in [5.41, 5.74) is 6.81. The van der Waals surface area contributed by atoms with E-state index in [1.54, 1.807) is 17.6 Å². The van der Waals surface area contributed by atoms with Gasteiger partial charge >= 0.3 is 0 Å². The van der Waals surface area contributed by atoms with E-state index in [-0.39, 0.29) is 15.9 Å². The predicted octanol–water partition coefficient (Wildman–Crippen LogP) is 2.45. The topological polar surface area (TPSA) is 103 Å². The van der Waals surface area contributed by atoms with Gasteiger partial charge in [-0.25, -0.2) is 8.96 Å². The van der Waals surface area contributed by atoms with Crippen LogP contribution in [0.3, 0.4) is 0 Å². The molecule has 0 bridgehead atoms. The van der Waals surface area contributed by atoms with Crippen molar-refractivity contribution in [1.82, 2.24) is 13.4 Å². The first-order chi connectivity index (χ1) is 11.9. The first-order valence-corrected chi connectivity index (χ1v) is 10.0. The number of aromatic hydroxyl groups is 1. The molecule has 0 amide bonds. The Hall–Kier alpha value is -2.07. The molecule has 0 unspecified atom stereocenters. The number of rotatable bonds is 4. The SMILES string of the molecule is NCCc1cn(S(=O)(=O)c2c(Cl)nc3sccn23)c2ccc(O)cc12. The molecule has 0 atom stereocenters. The van der Waals surface area contributed by atoms with Crippen molar-refractivity contribution in [3.63, 3.8) is 0 Å². The number of nitrogens with two attached hydrogens (primary N) is 1. The molecule has 10 heteroatoms. The Morgan fingerprint density at radius 2 is 2.16 bits per heavy atom. The van der Waals surface area contributed by atoms with Crippen LogP contribution in [0, 0.1) is 0 Å². The van der Waals surface area contributed by atoms with Crippen molar-refractivity contribution in [2.45, 2.75) is 11.4 Å². The molecule has 0 saturated heterocycles. The van der Waals surface area contributed by atoms with Crippen molar-refractivity contribution < 1.29 is 13.5 Å². The Bertz CT molecular complexity index is 1210. The number of hydrogen-bond donors (Lipinski definition) is 2. The molecule has 0 saturated carbocycles. The molecule has 1 aromatic carbocycles. The van der Waals surface area contributed by atoms with E-state index < -0.39 is 10.0 Å². The highest BCUT2D eigenvalue weighted by Crippen LogP contribution is 2.32. The molecule has 3 aromatic heterocycles. The number of phenols is 1. The molecule has 7 nitrogen and oxygen atoms in total. The Labute approximate surface area is 151 Å². The Balaban J connectivity index is 2.03. The van der Waals surface area contributed by atoms with Crippen LogP contribution < -0.4 is 5.73 Å². The van der Waals surface area contributed by atoms with Crippen LogP contribution in [0.4, 0.5) is 0 Å². The summed E-state index contributed by atoms with van der Waals surface area (Å²) in [6.07, 6.45) is 3.62. The smallest absolute Gasteiger partial charge is 0.287 e. The number of nitrogens with zero attached hydrogens (tertiary/aromatic N) is 3. The summed E-state index contributed by atoms with van der Waals surface area (Å²) >= 11 is 7.41. The molecule has 0 spiro atoms. The van der Waals surface area contributed by atoms with Gasteiger partial charge in [0.2, 0.25) is 5.03 Å². The van der Waals surface area contributed by atoms with E-state index in [0.29, 0.717) is 28.8 Å². The van der Waals surface area contributed by atoms with Gasteiger partial charge in [-0.1, -0.05) is 11.6 Å². The number of imidazole rings is 1. The fourth-order valence-electron chi connectivity index (χ4n) is 2.87. The van der Waals surface area contributed by atoms with E-state index in [4.69, 9.17) is 17.3 Å².